The van der Waals surface area contributed by atoms with Crippen molar-refractivity contribution in [2.75, 3.05) is 32.7 Å². The van der Waals surface area contributed by atoms with E-state index in [1.54, 1.807) is 0 Å². The van der Waals surface area contributed by atoms with E-state index in [1.165, 1.54) is 0 Å². The molecule has 0 aliphatic carbocycles. The van der Waals surface area contributed by atoms with Crippen LogP contribution in [0, 0.1) is 0 Å². The molecule has 3 rings (SSSR count). The van der Waals surface area contributed by atoms with E-state index in [4.69, 9.17) is 0 Å². The van der Waals surface area contributed by atoms with E-state index in [9.17, 15) is 9.59 Å². The Balaban J connectivity index is 1.58. The number of para-hydroxylation sites is 1. The van der Waals surface area contributed by atoms with Crippen LogP contribution in [0.4, 0.5) is 0 Å². The number of nitrogens with one attached hydrogen (secondary N) is 2. The van der Waals surface area contributed by atoms with Crippen LogP contribution in [0.25, 0.3) is 10.9 Å². The molecule has 2 amide bonds. The molecule has 1 saturated heterocycles. The van der Waals surface area contributed by atoms with Crippen molar-refractivity contribution >= 4 is 22.7 Å². The van der Waals surface area contributed by atoms with Crippen molar-refractivity contribution in [1.82, 2.24) is 20.1 Å². The smallest absolute Gasteiger partial charge is 0.270 e. The van der Waals surface area contributed by atoms with Gasteiger partial charge in [-0.05, 0) is 25.5 Å². The van der Waals surface area contributed by atoms with Crippen LogP contribution in [0.1, 0.15) is 30.8 Å². The Bertz CT molecular complexity index is 714. The summed E-state index contributed by atoms with van der Waals surface area (Å²) in [7, 11) is 0. The zero-order valence-electron chi connectivity index (χ0n) is 14.9. The lowest BCUT2D eigenvalue weighted by molar-refractivity contribution is -0.126. The lowest BCUT2D eigenvalue weighted by Crippen LogP contribution is -2.55. The number of rotatable bonds is 5. The van der Waals surface area contributed by atoms with Crippen LogP contribution in [0.5, 0.6) is 0 Å². The second-order valence-electron chi connectivity index (χ2n) is 6.57. The molecule has 1 aromatic carbocycles. The van der Waals surface area contributed by atoms with Gasteiger partial charge in [0.2, 0.25) is 5.91 Å². The molecule has 6 heteroatoms. The minimum absolute atomic E-state index is 0.0268. The highest BCUT2D eigenvalue weighted by Gasteiger charge is 2.28. The molecule has 1 aliphatic heterocycles. The van der Waals surface area contributed by atoms with Crippen LogP contribution in [-0.4, -0.2) is 65.4 Å². The van der Waals surface area contributed by atoms with Crippen LogP contribution in [0.3, 0.4) is 0 Å². The molecule has 1 atom stereocenters. The number of hydrogen-bond acceptors (Lipinski definition) is 3. The van der Waals surface area contributed by atoms with Gasteiger partial charge in [-0.3, -0.25) is 14.5 Å². The summed E-state index contributed by atoms with van der Waals surface area (Å²) in [5.41, 5.74) is 1.61. The van der Waals surface area contributed by atoms with Gasteiger partial charge in [-0.2, -0.15) is 0 Å². The molecule has 134 valence electrons. The van der Waals surface area contributed by atoms with Gasteiger partial charge in [-0.1, -0.05) is 25.1 Å². The van der Waals surface area contributed by atoms with E-state index >= 15 is 0 Å². The molecular formula is C19H26N4O2. The van der Waals surface area contributed by atoms with Crippen LogP contribution in [-0.2, 0) is 4.79 Å². The zero-order chi connectivity index (χ0) is 17.8. The predicted octanol–water partition coefficient (Wildman–Crippen LogP) is 1.84. The molecule has 1 aromatic heterocycles. The number of aromatic nitrogens is 1. The molecule has 0 saturated carbocycles. The summed E-state index contributed by atoms with van der Waals surface area (Å²) in [4.78, 5) is 32.0. The molecule has 0 radical (unpaired) electrons. The van der Waals surface area contributed by atoms with Crippen molar-refractivity contribution in [3.05, 3.63) is 36.0 Å². The molecule has 6 nitrogen and oxygen atoms in total. The molecule has 2 aromatic rings. The minimum Gasteiger partial charge on any atom is -0.355 e. The van der Waals surface area contributed by atoms with Crippen molar-refractivity contribution in [3.8, 4) is 0 Å². The van der Waals surface area contributed by atoms with Gasteiger partial charge in [0, 0.05) is 43.6 Å². The standard InChI is InChI=1S/C19H26N4O2/c1-3-8-20-18(24)14(2)22-9-11-23(12-10-22)19(25)17-13-15-6-4-5-7-16(15)21-17/h4-7,13-14,21H,3,8-12H2,1-2H3,(H,20,24)/t14-/m1/s1. The first-order chi connectivity index (χ1) is 12.1. The summed E-state index contributed by atoms with van der Waals surface area (Å²) in [5, 5.41) is 3.98. The summed E-state index contributed by atoms with van der Waals surface area (Å²) < 4.78 is 0. The Hall–Kier alpha value is -2.34. The van der Waals surface area contributed by atoms with Crippen molar-refractivity contribution in [2.24, 2.45) is 0 Å². The van der Waals surface area contributed by atoms with E-state index < -0.39 is 0 Å². The number of carbonyl (C=O) groups is 2. The van der Waals surface area contributed by atoms with Crippen LogP contribution >= 0.6 is 0 Å². The lowest BCUT2D eigenvalue weighted by Gasteiger charge is -2.37. The third-order valence-corrected chi connectivity index (χ3v) is 4.84. The van der Waals surface area contributed by atoms with Gasteiger partial charge in [-0.15, -0.1) is 0 Å². The second-order valence-corrected chi connectivity index (χ2v) is 6.57. The fraction of sp³-hybridized carbons (Fsp3) is 0.474. The summed E-state index contributed by atoms with van der Waals surface area (Å²) >= 11 is 0. The summed E-state index contributed by atoms with van der Waals surface area (Å²) in [6.45, 7) is 7.39. The molecule has 2 heterocycles. The number of nitrogens with zero attached hydrogens (tertiary/aromatic N) is 2. The van der Waals surface area contributed by atoms with Crippen LogP contribution in [0.15, 0.2) is 30.3 Å². The number of benzene rings is 1. The largest absolute Gasteiger partial charge is 0.355 e. The fourth-order valence-corrected chi connectivity index (χ4v) is 3.23. The Kier molecular flexibility index (Phi) is 5.38. The third-order valence-electron chi connectivity index (χ3n) is 4.84. The molecule has 0 bridgehead atoms. The van der Waals surface area contributed by atoms with Gasteiger partial charge < -0.3 is 15.2 Å². The van der Waals surface area contributed by atoms with Crippen molar-refractivity contribution in [2.45, 2.75) is 26.3 Å². The molecule has 0 unspecified atom stereocenters. The van der Waals surface area contributed by atoms with Gasteiger partial charge >= 0.3 is 0 Å². The van der Waals surface area contributed by atoms with Gasteiger partial charge in [0.1, 0.15) is 5.69 Å². The average Bonchev–Trinajstić information content (AvgIpc) is 3.09. The summed E-state index contributed by atoms with van der Waals surface area (Å²) in [6.07, 6.45) is 0.936. The molecular weight excluding hydrogens is 316 g/mol. The van der Waals surface area contributed by atoms with Crippen molar-refractivity contribution < 1.29 is 9.59 Å². The average molecular weight is 342 g/mol. The molecule has 1 fully saturated rings. The topological polar surface area (TPSA) is 68.4 Å². The van der Waals surface area contributed by atoms with Gasteiger partial charge in [0.15, 0.2) is 0 Å². The highest BCUT2D eigenvalue weighted by molar-refractivity contribution is 5.98. The number of piperazine rings is 1. The van der Waals surface area contributed by atoms with Gasteiger partial charge in [0.05, 0.1) is 6.04 Å². The highest BCUT2D eigenvalue weighted by atomic mass is 16.2. The first-order valence-corrected chi connectivity index (χ1v) is 8.99. The number of hydrogen-bond donors (Lipinski definition) is 2. The molecule has 25 heavy (non-hydrogen) atoms. The number of aromatic amines is 1. The van der Waals surface area contributed by atoms with Gasteiger partial charge in [-0.25, -0.2) is 0 Å². The predicted molar refractivity (Wildman–Crippen MR) is 98.5 cm³/mol. The quantitative estimate of drug-likeness (QED) is 0.871. The van der Waals surface area contributed by atoms with Crippen molar-refractivity contribution in [3.63, 3.8) is 0 Å². The summed E-state index contributed by atoms with van der Waals surface area (Å²) in [5.74, 6) is 0.0937. The highest BCUT2D eigenvalue weighted by Crippen LogP contribution is 2.17. The Morgan fingerprint density at radius 2 is 1.92 bits per heavy atom. The monoisotopic (exact) mass is 342 g/mol. The Morgan fingerprint density at radius 1 is 1.20 bits per heavy atom. The molecule has 1 aliphatic rings. The Labute approximate surface area is 148 Å². The first kappa shape index (κ1) is 17.5. The van der Waals surface area contributed by atoms with Crippen molar-refractivity contribution in [1.29, 1.82) is 0 Å². The third kappa shape index (κ3) is 3.85. The number of H-pyrrole nitrogens is 1. The Morgan fingerprint density at radius 3 is 2.60 bits per heavy atom. The van der Waals surface area contributed by atoms with Crippen LogP contribution < -0.4 is 5.32 Å². The lowest BCUT2D eigenvalue weighted by atomic mass is 10.2. The van der Waals surface area contributed by atoms with E-state index in [-0.39, 0.29) is 17.9 Å². The fourth-order valence-electron chi connectivity index (χ4n) is 3.23. The molecule has 0 spiro atoms. The van der Waals surface area contributed by atoms with Crippen LogP contribution in [0.2, 0.25) is 0 Å². The van der Waals surface area contributed by atoms with E-state index in [1.807, 2.05) is 49.1 Å². The normalized spacial score (nSPS) is 16.8. The number of amides is 2. The minimum atomic E-state index is -0.156. The SMILES string of the molecule is CCCNC(=O)[C@@H](C)N1CCN(C(=O)c2cc3ccccc3[nH]2)CC1. The van der Waals surface area contributed by atoms with E-state index in [0.717, 1.165) is 17.3 Å². The van der Waals surface area contributed by atoms with Gasteiger partial charge in [0.25, 0.3) is 5.91 Å². The summed E-state index contributed by atoms with van der Waals surface area (Å²) in [6, 6.07) is 9.64. The first-order valence-electron chi connectivity index (χ1n) is 8.99. The number of fused-ring (bicyclic) bond motifs is 1. The maximum absolute atomic E-state index is 12.7. The maximum atomic E-state index is 12.7. The maximum Gasteiger partial charge on any atom is 0.270 e. The van der Waals surface area contributed by atoms with E-state index in [0.29, 0.717) is 38.4 Å². The number of carbonyl (C=O) groups excluding carboxylic acids is 2. The second kappa shape index (κ2) is 7.70. The molecule has 2 N–H and O–H groups in total. The van der Waals surface area contributed by atoms with E-state index in [2.05, 4.69) is 15.2 Å². The zero-order valence-corrected chi connectivity index (χ0v) is 14.9.